The Bertz CT molecular complexity index is 754. The van der Waals surface area contributed by atoms with E-state index < -0.39 is 0 Å². The van der Waals surface area contributed by atoms with Gasteiger partial charge in [-0.2, -0.15) is 0 Å². The molecule has 0 spiro atoms. The van der Waals surface area contributed by atoms with E-state index in [9.17, 15) is 9.59 Å². The van der Waals surface area contributed by atoms with Crippen molar-refractivity contribution < 1.29 is 19.1 Å². The molecule has 1 fully saturated rings. The quantitative estimate of drug-likeness (QED) is 0.813. The Hall–Kier alpha value is -3.02. The van der Waals surface area contributed by atoms with Gasteiger partial charge in [0.25, 0.3) is 5.91 Å². The lowest BCUT2D eigenvalue weighted by Crippen LogP contribution is -2.50. The summed E-state index contributed by atoms with van der Waals surface area (Å²) in [6, 6.07) is 17.1. The SMILES string of the molecule is CCOC(=O)N1CCN(C(=O)c2ccc(COc3ccccc3)cc2)CC1. The van der Waals surface area contributed by atoms with E-state index >= 15 is 0 Å². The van der Waals surface area contributed by atoms with Crippen LogP contribution in [0.1, 0.15) is 22.8 Å². The molecule has 1 aliphatic heterocycles. The summed E-state index contributed by atoms with van der Waals surface area (Å²) in [6.45, 7) is 4.61. The van der Waals surface area contributed by atoms with E-state index in [0.717, 1.165) is 11.3 Å². The predicted molar refractivity (Wildman–Crippen MR) is 102 cm³/mol. The fraction of sp³-hybridized carbons (Fsp3) is 0.333. The summed E-state index contributed by atoms with van der Waals surface area (Å²) in [6.07, 6.45) is -0.313. The first kappa shape index (κ1) is 18.8. The third kappa shape index (κ3) is 5.00. The number of nitrogens with zero attached hydrogens (tertiary/aromatic N) is 2. The lowest BCUT2D eigenvalue weighted by Gasteiger charge is -2.34. The second-order valence-electron chi connectivity index (χ2n) is 6.28. The monoisotopic (exact) mass is 368 g/mol. The highest BCUT2D eigenvalue weighted by Gasteiger charge is 2.25. The molecular weight excluding hydrogens is 344 g/mol. The smallest absolute Gasteiger partial charge is 0.409 e. The summed E-state index contributed by atoms with van der Waals surface area (Å²) in [5, 5.41) is 0. The molecule has 6 nitrogen and oxygen atoms in total. The summed E-state index contributed by atoms with van der Waals surface area (Å²) in [5.74, 6) is 0.797. The molecule has 0 unspecified atom stereocenters. The minimum absolute atomic E-state index is 0.0194. The predicted octanol–water partition coefficient (Wildman–Crippen LogP) is 3.18. The van der Waals surface area contributed by atoms with Crippen LogP contribution in [-0.4, -0.2) is 54.6 Å². The van der Waals surface area contributed by atoms with Crippen molar-refractivity contribution in [3.8, 4) is 5.75 Å². The Morgan fingerprint density at radius 3 is 2.15 bits per heavy atom. The standard InChI is InChI=1S/C21H24N2O4/c1-2-26-21(25)23-14-12-22(13-15-23)20(24)18-10-8-17(9-11-18)16-27-19-6-4-3-5-7-19/h3-11H,2,12-16H2,1H3. The first-order valence-electron chi connectivity index (χ1n) is 9.15. The van der Waals surface area contributed by atoms with Gasteiger partial charge in [0.2, 0.25) is 0 Å². The lowest BCUT2D eigenvalue weighted by molar-refractivity contribution is 0.0570. The van der Waals surface area contributed by atoms with Crippen LogP contribution in [0.5, 0.6) is 5.75 Å². The fourth-order valence-electron chi connectivity index (χ4n) is 2.92. The topological polar surface area (TPSA) is 59.1 Å². The minimum atomic E-state index is -0.313. The van der Waals surface area contributed by atoms with Crippen molar-refractivity contribution in [2.24, 2.45) is 0 Å². The van der Waals surface area contributed by atoms with E-state index in [0.29, 0.717) is 45.0 Å². The van der Waals surface area contributed by atoms with E-state index in [2.05, 4.69) is 0 Å². The summed E-state index contributed by atoms with van der Waals surface area (Å²) in [4.78, 5) is 27.8. The highest BCUT2D eigenvalue weighted by molar-refractivity contribution is 5.94. The van der Waals surface area contributed by atoms with Crippen LogP contribution in [-0.2, 0) is 11.3 Å². The second-order valence-corrected chi connectivity index (χ2v) is 6.28. The molecular formula is C21H24N2O4. The Morgan fingerprint density at radius 2 is 1.52 bits per heavy atom. The van der Waals surface area contributed by atoms with Gasteiger partial charge in [0.15, 0.2) is 0 Å². The van der Waals surface area contributed by atoms with E-state index in [1.165, 1.54) is 0 Å². The number of hydrogen-bond donors (Lipinski definition) is 0. The number of carbonyl (C=O) groups excluding carboxylic acids is 2. The van der Waals surface area contributed by atoms with Gasteiger partial charge in [-0.1, -0.05) is 30.3 Å². The average molecular weight is 368 g/mol. The Labute approximate surface area is 159 Å². The van der Waals surface area contributed by atoms with Gasteiger partial charge in [-0.25, -0.2) is 4.79 Å². The fourth-order valence-corrected chi connectivity index (χ4v) is 2.92. The molecule has 2 aromatic carbocycles. The zero-order chi connectivity index (χ0) is 19.1. The van der Waals surface area contributed by atoms with Crippen LogP contribution in [0.3, 0.4) is 0 Å². The molecule has 1 saturated heterocycles. The summed E-state index contributed by atoms with van der Waals surface area (Å²) < 4.78 is 10.7. The van der Waals surface area contributed by atoms with Gasteiger partial charge in [-0.15, -0.1) is 0 Å². The first-order valence-corrected chi connectivity index (χ1v) is 9.15. The van der Waals surface area contributed by atoms with E-state index in [4.69, 9.17) is 9.47 Å². The van der Waals surface area contributed by atoms with Crippen molar-refractivity contribution in [3.63, 3.8) is 0 Å². The molecule has 2 aromatic rings. The van der Waals surface area contributed by atoms with Crippen molar-refractivity contribution >= 4 is 12.0 Å². The van der Waals surface area contributed by atoms with Gasteiger partial charge in [-0.05, 0) is 36.8 Å². The third-order valence-electron chi connectivity index (χ3n) is 4.44. The lowest BCUT2D eigenvalue weighted by atomic mass is 10.1. The number of amides is 2. The van der Waals surface area contributed by atoms with Crippen LogP contribution >= 0.6 is 0 Å². The number of rotatable bonds is 5. The second kappa shape index (κ2) is 9.07. The van der Waals surface area contributed by atoms with Gasteiger partial charge in [-0.3, -0.25) is 4.79 Å². The van der Waals surface area contributed by atoms with E-state index in [1.807, 2.05) is 54.6 Å². The number of benzene rings is 2. The zero-order valence-corrected chi connectivity index (χ0v) is 15.5. The number of hydrogen-bond acceptors (Lipinski definition) is 4. The van der Waals surface area contributed by atoms with Gasteiger partial charge >= 0.3 is 6.09 Å². The van der Waals surface area contributed by atoms with Crippen LogP contribution in [0.2, 0.25) is 0 Å². The van der Waals surface area contributed by atoms with Gasteiger partial charge in [0, 0.05) is 31.7 Å². The minimum Gasteiger partial charge on any atom is -0.489 e. The van der Waals surface area contributed by atoms with Crippen LogP contribution in [0.15, 0.2) is 54.6 Å². The number of piperazine rings is 1. The van der Waals surface area contributed by atoms with Gasteiger partial charge in [0.1, 0.15) is 12.4 Å². The zero-order valence-electron chi connectivity index (χ0n) is 15.5. The molecule has 0 saturated carbocycles. The molecule has 142 valence electrons. The molecule has 0 bridgehead atoms. The maximum atomic E-state index is 12.7. The normalized spacial score (nSPS) is 14.0. The number of ether oxygens (including phenoxy) is 2. The molecule has 0 radical (unpaired) electrons. The van der Waals surface area contributed by atoms with Crippen molar-refractivity contribution in [2.75, 3.05) is 32.8 Å². The Kier molecular flexibility index (Phi) is 6.30. The molecule has 27 heavy (non-hydrogen) atoms. The number of carbonyl (C=O) groups is 2. The molecule has 1 heterocycles. The van der Waals surface area contributed by atoms with Gasteiger partial charge in [0.05, 0.1) is 6.61 Å². The maximum absolute atomic E-state index is 12.7. The van der Waals surface area contributed by atoms with Crippen molar-refractivity contribution in [1.29, 1.82) is 0 Å². The van der Waals surface area contributed by atoms with Crippen LogP contribution < -0.4 is 4.74 Å². The summed E-state index contributed by atoms with van der Waals surface area (Å²) >= 11 is 0. The average Bonchev–Trinajstić information content (AvgIpc) is 2.73. The van der Waals surface area contributed by atoms with Crippen LogP contribution in [0.4, 0.5) is 4.79 Å². The molecule has 0 aliphatic carbocycles. The molecule has 6 heteroatoms. The third-order valence-corrected chi connectivity index (χ3v) is 4.44. The number of para-hydroxylation sites is 1. The van der Waals surface area contributed by atoms with Crippen LogP contribution in [0, 0.1) is 0 Å². The van der Waals surface area contributed by atoms with Crippen molar-refractivity contribution in [1.82, 2.24) is 9.80 Å². The molecule has 3 rings (SSSR count). The Balaban J connectivity index is 1.51. The summed E-state index contributed by atoms with van der Waals surface area (Å²) in [7, 11) is 0. The van der Waals surface area contributed by atoms with Crippen LogP contribution in [0.25, 0.3) is 0 Å². The highest BCUT2D eigenvalue weighted by Crippen LogP contribution is 2.14. The van der Waals surface area contributed by atoms with E-state index in [1.54, 1.807) is 16.7 Å². The van der Waals surface area contributed by atoms with Crippen molar-refractivity contribution in [2.45, 2.75) is 13.5 Å². The summed E-state index contributed by atoms with van der Waals surface area (Å²) in [5.41, 5.74) is 1.64. The maximum Gasteiger partial charge on any atom is 0.409 e. The largest absolute Gasteiger partial charge is 0.489 e. The molecule has 2 amide bonds. The van der Waals surface area contributed by atoms with E-state index in [-0.39, 0.29) is 12.0 Å². The molecule has 0 aromatic heterocycles. The molecule has 1 aliphatic rings. The first-order chi connectivity index (χ1) is 13.2. The Morgan fingerprint density at radius 1 is 0.889 bits per heavy atom. The van der Waals surface area contributed by atoms with Gasteiger partial charge < -0.3 is 19.3 Å². The molecule has 0 atom stereocenters. The van der Waals surface area contributed by atoms with Crippen molar-refractivity contribution in [3.05, 3.63) is 65.7 Å². The molecule has 0 N–H and O–H groups in total. The highest BCUT2D eigenvalue weighted by atomic mass is 16.6.